The first-order valence-electron chi connectivity index (χ1n) is 8.00. The molecular formula is C16H20ClN3O4S. The Hall–Kier alpha value is -1.64. The Morgan fingerprint density at radius 3 is 2.44 bits per heavy atom. The summed E-state index contributed by atoms with van der Waals surface area (Å²) in [6.45, 7) is 2.89. The second-order valence-electron chi connectivity index (χ2n) is 6.69. The third kappa shape index (κ3) is 3.65. The molecule has 136 valence electrons. The SMILES string of the molecule is CC(=O)N1CCN(S(=O)(=O)c2ccc(Cl)cc2)CC2(CNC(=O)C2)C1. The Morgan fingerprint density at radius 2 is 1.88 bits per heavy atom. The molecule has 2 amide bonds. The lowest BCUT2D eigenvalue weighted by atomic mass is 9.86. The molecule has 2 aliphatic rings. The van der Waals surface area contributed by atoms with E-state index in [4.69, 9.17) is 11.6 Å². The van der Waals surface area contributed by atoms with Gasteiger partial charge < -0.3 is 10.2 Å². The maximum absolute atomic E-state index is 13.0. The second-order valence-corrected chi connectivity index (χ2v) is 9.06. The smallest absolute Gasteiger partial charge is 0.243 e. The Balaban J connectivity index is 1.94. The third-order valence-electron chi connectivity index (χ3n) is 4.75. The van der Waals surface area contributed by atoms with Crippen molar-refractivity contribution in [3.8, 4) is 0 Å². The Labute approximate surface area is 152 Å². The zero-order valence-electron chi connectivity index (χ0n) is 13.9. The van der Waals surface area contributed by atoms with Gasteiger partial charge in [-0.3, -0.25) is 9.59 Å². The van der Waals surface area contributed by atoms with Crippen LogP contribution < -0.4 is 5.32 Å². The van der Waals surface area contributed by atoms with Crippen LogP contribution in [0.2, 0.25) is 5.02 Å². The van der Waals surface area contributed by atoms with Crippen LogP contribution in [0, 0.1) is 5.41 Å². The van der Waals surface area contributed by atoms with Crippen LogP contribution in [-0.2, 0) is 19.6 Å². The van der Waals surface area contributed by atoms with Gasteiger partial charge >= 0.3 is 0 Å². The van der Waals surface area contributed by atoms with Crippen LogP contribution in [0.4, 0.5) is 0 Å². The van der Waals surface area contributed by atoms with Gasteiger partial charge in [-0.1, -0.05) is 11.6 Å². The molecule has 1 N–H and O–H groups in total. The maximum Gasteiger partial charge on any atom is 0.243 e. The molecular weight excluding hydrogens is 366 g/mol. The zero-order chi connectivity index (χ0) is 18.2. The Bertz CT molecular complexity index is 796. The number of amides is 2. The molecule has 25 heavy (non-hydrogen) atoms. The number of sulfonamides is 1. The standard InChI is InChI=1S/C16H20ClN3O4S/c1-12(21)19-6-7-20(11-16(10-19)8-15(22)18-9-16)25(23,24)14-4-2-13(17)3-5-14/h2-5H,6-11H2,1H3,(H,18,22). The molecule has 0 saturated carbocycles. The van der Waals surface area contributed by atoms with Gasteiger partial charge in [-0.05, 0) is 24.3 Å². The fourth-order valence-electron chi connectivity index (χ4n) is 3.42. The average molecular weight is 386 g/mol. The molecule has 2 saturated heterocycles. The lowest BCUT2D eigenvalue weighted by Gasteiger charge is -2.32. The molecule has 1 aromatic rings. The van der Waals surface area contributed by atoms with Crippen LogP contribution in [-0.4, -0.2) is 62.2 Å². The minimum absolute atomic E-state index is 0.116. The molecule has 2 aliphatic heterocycles. The number of carbonyl (C=O) groups excluding carboxylic acids is 2. The predicted molar refractivity (Wildman–Crippen MR) is 92.5 cm³/mol. The molecule has 3 rings (SSSR count). The lowest BCUT2D eigenvalue weighted by molar-refractivity contribution is -0.130. The molecule has 1 unspecified atom stereocenters. The van der Waals surface area contributed by atoms with Gasteiger partial charge in [-0.25, -0.2) is 8.42 Å². The van der Waals surface area contributed by atoms with Crippen molar-refractivity contribution in [3.05, 3.63) is 29.3 Å². The van der Waals surface area contributed by atoms with Gasteiger partial charge in [0.15, 0.2) is 0 Å². The van der Waals surface area contributed by atoms with Crippen molar-refractivity contribution in [2.75, 3.05) is 32.7 Å². The van der Waals surface area contributed by atoms with Crippen molar-refractivity contribution in [3.63, 3.8) is 0 Å². The molecule has 0 aliphatic carbocycles. The molecule has 0 aromatic heterocycles. The van der Waals surface area contributed by atoms with Gasteiger partial charge in [0, 0.05) is 56.5 Å². The van der Waals surface area contributed by atoms with Crippen molar-refractivity contribution < 1.29 is 18.0 Å². The van der Waals surface area contributed by atoms with E-state index < -0.39 is 15.4 Å². The highest BCUT2D eigenvalue weighted by atomic mass is 35.5. The number of nitrogens with one attached hydrogen (secondary N) is 1. The molecule has 1 atom stereocenters. The Morgan fingerprint density at radius 1 is 1.20 bits per heavy atom. The van der Waals surface area contributed by atoms with Gasteiger partial charge in [0.1, 0.15) is 0 Å². The number of carbonyl (C=O) groups is 2. The topological polar surface area (TPSA) is 86.8 Å². The summed E-state index contributed by atoms with van der Waals surface area (Å²) in [6, 6.07) is 6.00. The van der Waals surface area contributed by atoms with Gasteiger partial charge in [0.2, 0.25) is 21.8 Å². The molecule has 1 spiro atoms. The summed E-state index contributed by atoms with van der Waals surface area (Å²) in [4.78, 5) is 25.4. The van der Waals surface area contributed by atoms with E-state index in [1.807, 2.05) is 0 Å². The van der Waals surface area contributed by atoms with Crippen LogP contribution >= 0.6 is 11.6 Å². The largest absolute Gasteiger partial charge is 0.355 e. The quantitative estimate of drug-likeness (QED) is 0.811. The van der Waals surface area contributed by atoms with Crippen molar-refractivity contribution in [2.24, 2.45) is 5.41 Å². The molecule has 2 heterocycles. The highest BCUT2D eigenvalue weighted by Crippen LogP contribution is 2.33. The highest BCUT2D eigenvalue weighted by Gasteiger charge is 2.46. The van der Waals surface area contributed by atoms with E-state index in [9.17, 15) is 18.0 Å². The van der Waals surface area contributed by atoms with Crippen LogP contribution in [0.1, 0.15) is 13.3 Å². The van der Waals surface area contributed by atoms with Crippen molar-refractivity contribution >= 4 is 33.4 Å². The van der Waals surface area contributed by atoms with Crippen molar-refractivity contribution in [1.29, 1.82) is 0 Å². The zero-order valence-corrected chi connectivity index (χ0v) is 15.4. The molecule has 0 radical (unpaired) electrons. The van der Waals surface area contributed by atoms with E-state index in [0.29, 0.717) is 24.7 Å². The van der Waals surface area contributed by atoms with E-state index in [-0.39, 0.29) is 36.2 Å². The van der Waals surface area contributed by atoms with Crippen molar-refractivity contribution in [1.82, 2.24) is 14.5 Å². The minimum Gasteiger partial charge on any atom is -0.355 e. The summed E-state index contributed by atoms with van der Waals surface area (Å²) in [7, 11) is -3.73. The van der Waals surface area contributed by atoms with E-state index >= 15 is 0 Å². The molecule has 2 fully saturated rings. The summed E-state index contributed by atoms with van der Waals surface area (Å²) < 4.78 is 27.4. The summed E-state index contributed by atoms with van der Waals surface area (Å²) in [6.07, 6.45) is 0.212. The first kappa shape index (κ1) is 18.2. The lowest BCUT2D eigenvalue weighted by Crippen LogP contribution is -2.44. The minimum atomic E-state index is -3.73. The van der Waals surface area contributed by atoms with E-state index in [1.165, 1.54) is 35.5 Å². The molecule has 9 heteroatoms. The number of hydrogen-bond donors (Lipinski definition) is 1. The normalized spacial score (nSPS) is 25.0. The van der Waals surface area contributed by atoms with Gasteiger partial charge in [-0.2, -0.15) is 4.31 Å². The van der Waals surface area contributed by atoms with Crippen LogP contribution in [0.5, 0.6) is 0 Å². The molecule has 7 nitrogen and oxygen atoms in total. The third-order valence-corrected chi connectivity index (χ3v) is 6.86. The van der Waals surface area contributed by atoms with Crippen LogP contribution in [0.15, 0.2) is 29.2 Å². The van der Waals surface area contributed by atoms with Crippen LogP contribution in [0.25, 0.3) is 0 Å². The number of nitrogens with zero attached hydrogens (tertiary/aromatic N) is 2. The molecule has 1 aromatic carbocycles. The van der Waals surface area contributed by atoms with E-state index in [0.717, 1.165) is 0 Å². The van der Waals surface area contributed by atoms with Gasteiger partial charge in [0.05, 0.1) is 4.90 Å². The number of halogens is 1. The predicted octanol–water partition coefficient (Wildman–Crippen LogP) is 0.699. The maximum atomic E-state index is 13.0. The fraction of sp³-hybridized carbons (Fsp3) is 0.500. The molecule has 0 bridgehead atoms. The summed E-state index contributed by atoms with van der Waals surface area (Å²) in [5.74, 6) is -0.237. The number of rotatable bonds is 2. The monoisotopic (exact) mass is 385 g/mol. The number of benzene rings is 1. The van der Waals surface area contributed by atoms with Gasteiger partial charge in [-0.15, -0.1) is 0 Å². The fourth-order valence-corrected chi connectivity index (χ4v) is 5.09. The van der Waals surface area contributed by atoms with Gasteiger partial charge in [0.25, 0.3) is 0 Å². The summed E-state index contributed by atoms with van der Waals surface area (Å²) in [5, 5.41) is 3.23. The van der Waals surface area contributed by atoms with Crippen LogP contribution in [0.3, 0.4) is 0 Å². The average Bonchev–Trinajstić information content (AvgIpc) is 2.78. The first-order chi connectivity index (χ1) is 11.7. The first-order valence-corrected chi connectivity index (χ1v) is 9.82. The van der Waals surface area contributed by atoms with Crippen molar-refractivity contribution in [2.45, 2.75) is 18.2 Å². The summed E-state index contributed by atoms with van der Waals surface area (Å²) in [5.41, 5.74) is -0.598. The highest BCUT2D eigenvalue weighted by molar-refractivity contribution is 7.89. The van der Waals surface area contributed by atoms with E-state index in [2.05, 4.69) is 5.32 Å². The number of hydrogen-bond acceptors (Lipinski definition) is 4. The Kier molecular flexibility index (Phi) is 4.78. The second kappa shape index (κ2) is 6.59. The van der Waals surface area contributed by atoms with E-state index in [1.54, 1.807) is 4.90 Å². The summed E-state index contributed by atoms with van der Waals surface area (Å²) >= 11 is 5.84.